The van der Waals surface area contributed by atoms with E-state index in [2.05, 4.69) is 44.8 Å². The monoisotopic (exact) mass is 459 g/mol. The number of rotatable bonds is 7. The van der Waals surface area contributed by atoms with E-state index in [-0.39, 0.29) is 18.0 Å². The SMILES string of the molecule is C=CCNC(=O)/C(C#N)=C1\SC(Cc2ccc(C)c(C)c2)C(=O)N1c1ccc(C(C)C)cc1. The minimum Gasteiger partial charge on any atom is -0.348 e. The number of carbonyl (C=O) groups is 2. The zero-order valence-electron chi connectivity index (χ0n) is 19.5. The Bertz CT molecular complexity index is 1140. The summed E-state index contributed by atoms with van der Waals surface area (Å²) in [5.41, 5.74) is 5.16. The molecule has 0 radical (unpaired) electrons. The highest BCUT2D eigenvalue weighted by molar-refractivity contribution is 8.05. The molecule has 2 aromatic rings. The van der Waals surface area contributed by atoms with Crippen LogP contribution < -0.4 is 10.2 Å². The first-order chi connectivity index (χ1) is 15.8. The van der Waals surface area contributed by atoms with Crippen LogP contribution in [0.15, 0.2) is 65.7 Å². The van der Waals surface area contributed by atoms with Gasteiger partial charge in [0.15, 0.2) is 0 Å². The third-order valence-electron chi connectivity index (χ3n) is 5.72. The van der Waals surface area contributed by atoms with E-state index in [1.807, 2.05) is 43.3 Å². The number of benzene rings is 2. The van der Waals surface area contributed by atoms with Crippen LogP contribution in [0.5, 0.6) is 0 Å². The predicted molar refractivity (Wildman–Crippen MR) is 135 cm³/mol. The van der Waals surface area contributed by atoms with Gasteiger partial charge < -0.3 is 5.32 Å². The van der Waals surface area contributed by atoms with Crippen LogP contribution in [0.25, 0.3) is 0 Å². The zero-order chi connectivity index (χ0) is 24.1. The maximum absolute atomic E-state index is 13.6. The third-order valence-corrected chi connectivity index (χ3v) is 6.99. The molecule has 5 nitrogen and oxygen atoms in total. The van der Waals surface area contributed by atoms with Crippen molar-refractivity contribution in [2.24, 2.45) is 0 Å². The molecule has 2 aromatic carbocycles. The van der Waals surface area contributed by atoms with E-state index in [1.165, 1.54) is 27.8 Å². The van der Waals surface area contributed by atoms with Crippen molar-refractivity contribution >= 4 is 29.3 Å². The Kier molecular flexibility index (Phi) is 7.78. The van der Waals surface area contributed by atoms with Crippen LogP contribution in [0.2, 0.25) is 0 Å². The lowest BCUT2D eigenvalue weighted by Gasteiger charge is -2.19. The maximum Gasteiger partial charge on any atom is 0.264 e. The average molecular weight is 460 g/mol. The van der Waals surface area contributed by atoms with Crippen LogP contribution in [-0.4, -0.2) is 23.6 Å². The Hall–Kier alpha value is -3.30. The van der Waals surface area contributed by atoms with E-state index in [0.29, 0.717) is 23.1 Å². The summed E-state index contributed by atoms with van der Waals surface area (Å²) in [7, 11) is 0. The first-order valence-electron chi connectivity index (χ1n) is 11.0. The lowest BCUT2D eigenvalue weighted by Crippen LogP contribution is -2.32. The highest BCUT2D eigenvalue weighted by Gasteiger charge is 2.40. The summed E-state index contributed by atoms with van der Waals surface area (Å²) < 4.78 is 0. The third kappa shape index (κ3) is 5.37. The molecule has 170 valence electrons. The summed E-state index contributed by atoms with van der Waals surface area (Å²) in [5, 5.41) is 12.4. The van der Waals surface area contributed by atoms with Gasteiger partial charge in [0.25, 0.3) is 5.91 Å². The fraction of sp³-hybridized carbons (Fsp3) is 0.296. The van der Waals surface area contributed by atoms with Crippen LogP contribution in [-0.2, 0) is 16.0 Å². The molecule has 33 heavy (non-hydrogen) atoms. The number of hydrogen-bond acceptors (Lipinski definition) is 4. The number of thioether (sulfide) groups is 1. The van der Waals surface area contributed by atoms with Gasteiger partial charge in [-0.25, -0.2) is 0 Å². The first-order valence-corrected chi connectivity index (χ1v) is 11.8. The number of nitrogens with zero attached hydrogens (tertiary/aromatic N) is 2. The number of carbonyl (C=O) groups excluding carboxylic acids is 2. The molecule has 0 aromatic heterocycles. The molecule has 0 aliphatic carbocycles. The van der Waals surface area contributed by atoms with Gasteiger partial charge in [0, 0.05) is 12.2 Å². The second-order valence-electron chi connectivity index (χ2n) is 8.44. The Labute approximate surface area is 200 Å². The van der Waals surface area contributed by atoms with Crippen molar-refractivity contribution in [1.82, 2.24) is 5.32 Å². The van der Waals surface area contributed by atoms with E-state index >= 15 is 0 Å². The van der Waals surface area contributed by atoms with Crippen LogP contribution in [0.4, 0.5) is 5.69 Å². The van der Waals surface area contributed by atoms with Gasteiger partial charge in [-0.2, -0.15) is 5.26 Å². The van der Waals surface area contributed by atoms with Gasteiger partial charge in [-0.15, -0.1) is 6.58 Å². The van der Waals surface area contributed by atoms with Gasteiger partial charge in [0.2, 0.25) is 5.91 Å². The molecule has 0 bridgehead atoms. The molecule has 1 unspecified atom stereocenters. The van der Waals surface area contributed by atoms with Crippen molar-refractivity contribution in [1.29, 1.82) is 5.26 Å². The number of amides is 2. The number of hydrogen-bond donors (Lipinski definition) is 1. The molecule has 1 N–H and O–H groups in total. The fourth-order valence-electron chi connectivity index (χ4n) is 3.63. The highest BCUT2D eigenvalue weighted by Crippen LogP contribution is 2.42. The minimum atomic E-state index is -0.511. The molecular weight excluding hydrogens is 430 g/mol. The van der Waals surface area contributed by atoms with Gasteiger partial charge in [-0.3, -0.25) is 14.5 Å². The molecule has 0 spiro atoms. The molecule has 3 rings (SSSR count). The first kappa shape index (κ1) is 24.3. The molecule has 1 heterocycles. The number of anilines is 1. The van der Waals surface area contributed by atoms with Crippen LogP contribution >= 0.6 is 11.8 Å². The molecule has 1 aliphatic rings. The normalized spacial score (nSPS) is 17.2. The molecule has 1 atom stereocenters. The molecule has 1 saturated heterocycles. The number of aryl methyl sites for hydroxylation is 2. The minimum absolute atomic E-state index is 0.0641. The van der Waals surface area contributed by atoms with E-state index in [9.17, 15) is 14.9 Å². The van der Waals surface area contributed by atoms with E-state index in [4.69, 9.17) is 0 Å². The van der Waals surface area contributed by atoms with Crippen molar-refractivity contribution in [3.05, 3.63) is 88.0 Å². The van der Waals surface area contributed by atoms with Crippen molar-refractivity contribution in [2.75, 3.05) is 11.4 Å². The highest BCUT2D eigenvalue weighted by atomic mass is 32.2. The van der Waals surface area contributed by atoms with E-state index in [0.717, 1.165) is 11.1 Å². The molecular formula is C27H29N3O2S. The van der Waals surface area contributed by atoms with E-state index < -0.39 is 11.2 Å². The van der Waals surface area contributed by atoms with Crippen LogP contribution in [0.1, 0.15) is 42.0 Å². The average Bonchev–Trinajstić information content (AvgIpc) is 3.10. The predicted octanol–water partition coefficient (Wildman–Crippen LogP) is 5.16. The lowest BCUT2D eigenvalue weighted by molar-refractivity contribution is -0.117. The molecule has 2 amide bonds. The van der Waals surface area contributed by atoms with Crippen molar-refractivity contribution in [3.8, 4) is 6.07 Å². The second kappa shape index (κ2) is 10.5. The van der Waals surface area contributed by atoms with Gasteiger partial charge in [0.1, 0.15) is 16.7 Å². The van der Waals surface area contributed by atoms with Crippen molar-refractivity contribution in [2.45, 2.75) is 45.3 Å². The summed E-state index contributed by atoms with van der Waals surface area (Å²) in [6, 6.07) is 15.9. The van der Waals surface area contributed by atoms with Crippen molar-refractivity contribution < 1.29 is 9.59 Å². The van der Waals surface area contributed by atoms with Crippen LogP contribution in [0.3, 0.4) is 0 Å². The largest absolute Gasteiger partial charge is 0.348 e. The molecule has 1 aliphatic heterocycles. The molecule has 6 heteroatoms. The van der Waals surface area contributed by atoms with Gasteiger partial charge in [-0.1, -0.05) is 62.0 Å². The number of nitriles is 1. The smallest absolute Gasteiger partial charge is 0.264 e. The van der Waals surface area contributed by atoms with Gasteiger partial charge in [-0.05, 0) is 60.6 Å². The standard InChI is InChI=1S/C27H29N3O2S/c1-6-13-29-25(31)23(16-28)27-30(22-11-9-21(10-12-22)17(2)3)26(32)24(33-27)15-20-8-7-18(4)19(5)14-20/h6-12,14,17,24H,1,13,15H2,2-5H3,(H,29,31)/b27-23-. The van der Waals surface area contributed by atoms with E-state index in [1.54, 1.807) is 6.08 Å². The quantitative estimate of drug-likeness (QED) is 0.353. The van der Waals surface area contributed by atoms with Crippen molar-refractivity contribution in [3.63, 3.8) is 0 Å². The Morgan fingerprint density at radius 3 is 2.48 bits per heavy atom. The topological polar surface area (TPSA) is 73.2 Å². The van der Waals surface area contributed by atoms with Gasteiger partial charge in [0.05, 0.1) is 5.25 Å². The Balaban J connectivity index is 2.03. The second-order valence-corrected chi connectivity index (χ2v) is 9.63. The fourth-order valence-corrected chi connectivity index (χ4v) is 4.94. The lowest BCUT2D eigenvalue weighted by atomic mass is 10.0. The zero-order valence-corrected chi connectivity index (χ0v) is 20.3. The maximum atomic E-state index is 13.6. The van der Waals surface area contributed by atoms with Crippen LogP contribution in [0, 0.1) is 25.2 Å². The van der Waals surface area contributed by atoms with Gasteiger partial charge >= 0.3 is 0 Å². The Morgan fingerprint density at radius 1 is 1.21 bits per heavy atom. The summed E-state index contributed by atoms with van der Waals surface area (Å²) >= 11 is 1.28. The molecule has 1 fully saturated rings. The number of nitrogens with one attached hydrogen (secondary N) is 1. The summed E-state index contributed by atoms with van der Waals surface area (Å²) in [5.74, 6) is -0.285. The molecule has 0 saturated carbocycles. The summed E-state index contributed by atoms with van der Waals surface area (Å²) in [6.07, 6.45) is 2.07. The Morgan fingerprint density at radius 2 is 1.91 bits per heavy atom. The summed E-state index contributed by atoms with van der Waals surface area (Å²) in [6.45, 7) is 12.2. The summed E-state index contributed by atoms with van der Waals surface area (Å²) in [4.78, 5) is 27.8.